The minimum absolute atomic E-state index is 0. The first-order valence-corrected chi connectivity index (χ1v) is 7.04. The summed E-state index contributed by atoms with van der Waals surface area (Å²) < 4.78 is 0. The first-order valence-electron chi connectivity index (χ1n) is 7.04. The van der Waals surface area contributed by atoms with Crippen LogP contribution in [-0.4, -0.2) is 52.3 Å². The molecule has 0 aliphatic rings. The zero-order valence-electron chi connectivity index (χ0n) is 15.9. The number of nitrogens with zero attached hydrogens (tertiary/aromatic N) is 6. The summed E-state index contributed by atoms with van der Waals surface area (Å²) in [5, 5.41) is 45.8. The van der Waals surface area contributed by atoms with Crippen molar-refractivity contribution in [2.45, 2.75) is 27.7 Å². The van der Waals surface area contributed by atoms with Gasteiger partial charge in [0.05, 0.1) is 22.8 Å². The predicted octanol–water partition coefficient (Wildman–Crippen LogP) is -0.260. The molecule has 0 radical (unpaired) electrons. The smallest absolute Gasteiger partial charge is 1.00 e. The van der Waals surface area contributed by atoms with Crippen molar-refractivity contribution in [3.05, 3.63) is 34.9 Å². The third-order valence-electron chi connectivity index (χ3n) is 2.80. The number of aromatic nitrogens is 1. The largest absolute Gasteiger partial charge is 3.00 e. The quantitative estimate of drug-likeness (QED) is 0.370. The van der Waals surface area contributed by atoms with Crippen LogP contribution < -0.4 is 17.3 Å². The summed E-state index contributed by atoms with van der Waals surface area (Å²) >= 11 is 0. The van der Waals surface area contributed by atoms with E-state index >= 15 is 0 Å². The molecular weight excluding hydrogens is 423 g/mol. The average molecular weight is 447 g/mol. The van der Waals surface area contributed by atoms with Crippen LogP contribution in [0.3, 0.4) is 0 Å². The number of anilines is 1. The van der Waals surface area contributed by atoms with E-state index in [1.165, 1.54) is 33.4 Å². The fourth-order valence-electron chi connectivity index (χ4n) is 0.919. The maximum Gasteiger partial charge on any atom is 3.00 e. The van der Waals surface area contributed by atoms with Crippen molar-refractivity contribution in [2.24, 2.45) is 20.6 Å². The maximum atomic E-state index is 9.63. The van der Waals surface area contributed by atoms with Gasteiger partial charge >= 0.3 is 16.8 Å². The van der Waals surface area contributed by atoms with Crippen LogP contribution in [0.4, 0.5) is 5.69 Å². The van der Waals surface area contributed by atoms with Crippen LogP contribution in [0.25, 0.3) is 0 Å². The summed E-state index contributed by atoms with van der Waals surface area (Å²) in [5.41, 5.74) is 2.09. The van der Waals surface area contributed by atoms with Gasteiger partial charge in [-0.2, -0.15) is 0 Å². The first kappa shape index (κ1) is 32.3. The molecule has 1 aromatic rings. The van der Waals surface area contributed by atoms with Crippen LogP contribution in [0.2, 0.25) is 0 Å². The molecule has 154 valence electrons. The van der Waals surface area contributed by atoms with Gasteiger partial charge < -0.3 is 48.4 Å². The molecule has 0 unspecified atom stereocenters. The van der Waals surface area contributed by atoms with Crippen LogP contribution in [-0.2, 0) is 16.8 Å². The monoisotopic (exact) mass is 446 g/mol. The van der Waals surface area contributed by atoms with Gasteiger partial charge in [-0.15, -0.1) is 0 Å². The Morgan fingerprint density at radius 1 is 0.852 bits per heavy atom. The fraction of sp³-hybridized carbons (Fsp3) is 0.400. The third-order valence-corrected chi connectivity index (χ3v) is 2.80. The van der Waals surface area contributed by atoms with Gasteiger partial charge in [0.25, 0.3) is 0 Å². The molecule has 0 fully saturated rings. The molecule has 0 atom stereocenters. The Morgan fingerprint density at radius 3 is 1.33 bits per heavy atom. The van der Waals surface area contributed by atoms with Crippen LogP contribution in [0.1, 0.15) is 27.7 Å². The van der Waals surface area contributed by atoms with E-state index in [4.69, 9.17) is 10.4 Å². The van der Waals surface area contributed by atoms with E-state index in [1.807, 2.05) is 31.1 Å². The van der Waals surface area contributed by atoms with Crippen LogP contribution in [0.5, 0.6) is 0 Å². The molecular formula is C15H24ClCoN6O4. The summed E-state index contributed by atoms with van der Waals surface area (Å²) in [6, 6.07) is 3.94. The summed E-state index contributed by atoms with van der Waals surface area (Å²) in [6.07, 6.45) is 3.57. The molecule has 0 bridgehead atoms. The zero-order valence-corrected chi connectivity index (χ0v) is 17.7. The molecule has 2 N–H and O–H groups in total. The molecule has 27 heavy (non-hydrogen) atoms. The third kappa shape index (κ3) is 16.8. The van der Waals surface area contributed by atoms with Gasteiger partial charge in [-0.1, -0.05) is 10.3 Å². The van der Waals surface area contributed by atoms with Crippen LogP contribution in [0, 0.1) is 10.4 Å². The number of pyridine rings is 1. The van der Waals surface area contributed by atoms with Crippen LogP contribution >= 0.6 is 0 Å². The van der Waals surface area contributed by atoms with E-state index in [0.29, 0.717) is 0 Å². The molecule has 0 aromatic carbocycles. The number of oxime groups is 2. The average Bonchev–Trinajstić information content (AvgIpc) is 2.66. The van der Waals surface area contributed by atoms with Crippen molar-refractivity contribution < 1.29 is 39.6 Å². The molecule has 0 spiro atoms. The van der Waals surface area contributed by atoms with E-state index in [0.717, 1.165) is 0 Å². The molecule has 0 aliphatic heterocycles. The van der Waals surface area contributed by atoms with E-state index in [-0.39, 0.29) is 52.0 Å². The zero-order chi connectivity index (χ0) is 19.8. The predicted molar refractivity (Wildman–Crippen MR) is 101 cm³/mol. The van der Waals surface area contributed by atoms with Crippen LogP contribution in [0.15, 0.2) is 45.1 Å². The first-order chi connectivity index (χ1) is 11.7. The van der Waals surface area contributed by atoms with Gasteiger partial charge in [-0.25, -0.2) is 0 Å². The van der Waals surface area contributed by atoms with E-state index in [1.54, 1.807) is 12.4 Å². The number of rotatable bonds is 3. The second-order valence-corrected chi connectivity index (χ2v) is 4.82. The fourth-order valence-corrected chi connectivity index (χ4v) is 0.919. The molecule has 1 heterocycles. The van der Waals surface area contributed by atoms with Crippen molar-refractivity contribution in [3.63, 3.8) is 0 Å². The molecule has 12 heteroatoms. The molecule has 1 aromatic heterocycles. The normalized spacial score (nSPS) is 11.5. The molecule has 1 rings (SSSR count). The van der Waals surface area contributed by atoms with Gasteiger partial charge in [0, 0.05) is 32.2 Å². The number of hydrogen-bond donors (Lipinski definition) is 2. The van der Waals surface area contributed by atoms with Crippen molar-refractivity contribution in [1.29, 1.82) is 0 Å². The van der Waals surface area contributed by atoms with Gasteiger partial charge in [-0.05, 0) is 39.8 Å². The number of halogens is 1. The van der Waals surface area contributed by atoms with E-state index in [2.05, 4.69) is 25.6 Å². The second kappa shape index (κ2) is 19.9. The molecule has 10 nitrogen and oxygen atoms in total. The number of hydrogen-bond acceptors (Lipinski definition) is 10. The minimum atomic E-state index is 0. The Hall–Kier alpha value is -2.37. The maximum absolute atomic E-state index is 9.63. The van der Waals surface area contributed by atoms with Crippen molar-refractivity contribution in [1.82, 2.24) is 4.98 Å². The summed E-state index contributed by atoms with van der Waals surface area (Å²) in [6.45, 7) is 5.94. The van der Waals surface area contributed by atoms with E-state index < -0.39 is 0 Å². The Balaban J connectivity index is -0.000000142. The van der Waals surface area contributed by atoms with Crippen molar-refractivity contribution in [3.8, 4) is 0 Å². The Labute approximate surface area is 175 Å². The summed E-state index contributed by atoms with van der Waals surface area (Å²) in [7, 11) is 4.02. The van der Waals surface area contributed by atoms with Gasteiger partial charge in [-0.3, -0.25) is 4.98 Å². The topological polar surface area (TPSA) is 152 Å². The minimum Gasteiger partial charge on any atom is -1.00 e. The molecule has 0 saturated carbocycles. The van der Waals surface area contributed by atoms with E-state index in [9.17, 15) is 10.4 Å². The van der Waals surface area contributed by atoms with Crippen molar-refractivity contribution in [2.75, 3.05) is 19.0 Å². The van der Waals surface area contributed by atoms with Gasteiger partial charge in [0.15, 0.2) is 0 Å². The van der Waals surface area contributed by atoms with Gasteiger partial charge in [0.1, 0.15) is 0 Å². The summed E-state index contributed by atoms with van der Waals surface area (Å²) in [5.74, 6) is 0. The second-order valence-electron chi connectivity index (χ2n) is 4.82. The Morgan fingerprint density at radius 2 is 1.19 bits per heavy atom. The Kier molecular flexibility index (Phi) is 23.9. The SMILES string of the molecule is CC(=N\[O-])/C(C)=N/O.CC(=N\[O-])/C(C)=N/O.CN(C)c1ccncc1.[Cl-].[Co+3]. The Bertz CT molecular complexity index is 546. The molecule has 0 aliphatic carbocycles. The summed E-state index contributed by atoms with van der Waals surface area (Å²) in [4.78, 5) is 5.94. The molecule has 0 saturated heterocycles. The van der Waals surface area contributed by atoms with Gasteiger partial charge in [0.2, 0.25) is 0 Å². The molecule has 0 amide bonds. The standard InChI is InChI=1S/C7H10N2.2C4H8N2O2.ClH.Co/c1-9(2)7-3-5-8-6-4-7;2*1-3(5-7)4(2)6-8;;/h3-6H,1-2H3;2*7-8H,1-2H3;1H;/q;;;;+3/p-3/b;2*5-3+,6-4+;;. The van der Waals surface area contributed by atoms with Crippen molar-refractivity contribution >= 4 is 28.5 Å².